The van der Waals surface area contributed by atoms with Gasteiger partial charge in [0.05, 0.1) is 7.05 Å². The Morgan fingerprint density at radius 1 is 1.25 bits per heavy atom. The van der Waals surface area contributed by atoms with Gasteiger partial charge in [0.15, 0.2) is 5.82 Å². The Bertz CT molecular complexity index is 1130. The fourth-order valence-electron chi connectivity index (χ4n) is 7.19. The van der Waals surface area contributed by atoms with E-state index < -0.39 is 10.3 Å². The Morgan fingerprint density at radius 3 is 2.75 bits per heavy atom. The molecular weight excluding hydrogens is 426 g/mol. The number of fused-ring (bicyclic) bond motifs is 5. The Balaban J connectivity index is 1.41. The molecule has 2 aromatic rings. The largest absolute Gasteiger partial charge is 0.380 e. The molecule has 2 fully saturated rings. The van der Waals surface area contributed by atoms with Gasteiger partial charge in [0.25, 0.3) is 0 Å². The Labute approximate surface area is 190 Å². The van der Waals surface area contributed by atoms with E-state index >= 15 is 0 Å². The lowest BCUT2D eigenvalue weighted by molar-refractivity contribution is 0.0279. The van der Waals surface area contributed by atoms with Crippen LogP contribution in [0.1, 0.15) is 74.4 Å². The van der Waals surface area contributed by atoms with Crippen molar-refractivity contribution in [2.24, 2.45) is 35.4 Å². The minimum atomic E-state index is -4.03. The molecule has 32 heavy (non-hydrogen) atoms. The maximum atomic E-state index is 11.5. The van der Waals surface area contributed by atoms with Crippen molar-refractivity contribution >= 4 is 10.3 Å². The fourth-order valence-corrected chi connectivity index (χ4v) is 7.60. The van der Waals surface area contributed by atoms with Crippen molar-refractivity contribution in [3.63, 3.8) is 0 Å². The van der Waals surface area contributed by atoms with E-state index in [-0.39, 0.29) is 0 Å². The lowest BCUT2D eigenvalue weighted by Gasteiger charge is -2.51. The van der Waals surface area contributed by atoms with Crippen LogP contribution in [0.25, 0.3) is 0 Å². The van der Waals surface area contributed by atoms with Crippen LogP contribution < -0.4 is 9.32 Å². The van der Waals surface area contributed by atoms with Gasteiger partial charge >= 0.3 is 10.3 Å². The van der Waals surface area contributed by atoms with Crippen LogP contribution in [0.3, 0.4) is 0 Å². The smallest absolute Gasteiger partial charge is 0.371 e. The lowest BCUT2D eigenvalue weighted by Crippen LogP contribution is -2.42. The van der Waals surface area contributed by atoms with Gasteiger partial charge in [-0.3, -0.25) is 0 Å². The first kappa shape index (κ1) is 21.8. The first-order chi connectivity index (χ1) is 15.2. The highest BCUT2D eigenvalue weighted by atomic mass is 32.2. The summed E-state index contributed by atoms with van der Waals surface area (Å²) in [5, 5.41) is 17.9. The predicted octanol–water partition coefficient (Wildman–Crippen LogP) is 3.07. The van der Waals surface area contributed by atoms with Crippen LogP contribution in [0.4, 0.5) is 0 Å². The minimum absolute atomic E-state index is 0.322. The van der Waals surface area contributed by atoms with Gasteiger partial charge in [-0.25, -0.2) is 0 Å². The quantitative estimate of drug-likeness (QED) is 0.735. The number of nitrogens with zero attached hydrogens (tertiary/aromatic N) is 4. The number of hydrogen-bond donors (Lipinski definition) is 1. The monoisotopic (exact) mass is 459 g/mol. The van der Waals surface area contributed by atoms with Crippen LogP contribution in [0.2, 0.25) is 0 Å². The van der Waals surface area contributed by atoms with Crippen molar-refractivity contribution in [3.05, 3.63) is 34.6 Å². The highest BCUT2D eigenvalue weighted by Gasteiger charge is 2.54. The molecule has 3 aliphatic rings. The SMILES string of the molecule is CCc1cc2c(cc1OS(N)(=O)=O)CCC1C2CC[C@@]2(C)C1CC[C@@H]2Cc1nnn(C)n1. The molecule has 0 bridgehead atoms. The molecule has 3 unspecified atom stereocenters. The summed E-state index contributed by atoms with van der Waals surface area (Å²) in [6.45, 7) is 4.52. The average molecular weight is 460 g/mol. The van der Waals surface area contributed by atoms with Crippen molar-refractivity contribution in [2.45, 2.75) is 71.1 Å². The summed E-state index contributed by atoms with van der Waals surface area (Å²) >= 11 is 0. The summed E-state index contributed by atoms with van der Waals surface area (Å²) in [7, 11) is -2.20. The van der Waals surface area contributed by atoms with Crippen molar-refractivity contribution in [1.29, 1.82) is 0 Å². The van der Waals surface area contributed by atoms with E-state index in [2.05, 4.69) is 28.4 Å². The third-order valence-electron chi connectivity index (χ3n) is 8.67. The van der Waals surface area contributed by atoms with E-state index in [1.807, 2.05) is 20.0 Å². The molecular formula is C23H33N5O3S. The molecule has 174 valence electrons. The van der Waals surface area contributed by atoms with Crippen LogP contribution in [-0.2, 0) is 36.6 Å². The Morgan fingerprint density at radius 2 is 2.06 bits per heavy atom. The van der Waals surface area contributed by atoms with Gasteiger partial charge in [-0.05, 0) is 102 Å². The molecule has 5 atom stereocenters. The summed E-state index contributed by atoms with van der Waals surface area (Å²) in [5.74, 6) is 3.79. The van der Waals surface area contributed by atoms with Crippen molar-refractivity contribution < 1.29 is 12.6 Å². The topological polar surface area (TPSA) is 113 Å². The summed E-state index contributed by atoms with van der Waals surface area (Å²) in [6.07, 6.45) is 8.63. The Kier molecular flexibility index (Phi) is 5.32. The van der Waals surface area contributed by atoms with Gasteiger partial charge in [0.2, 0.25) is 0 Å². The normalized spacial score (nSPS) is 31.6. The number of aryl methyl sites for hydroxylation is 3. The predicted molar refractivity (Wildman–Crippen MR) is 120 cm³/mol. The van der Waals surface area contributed by atoms with Crippen LogP contribution in [0, 0.1) is 23.2 Å². The molecule has 0 spiro atoms. The highest BCUT2D eigenvalue weighted by molar-refractivity contribution is 7.84. The van der Waals surface area contributed by atoms with Crippen molar-refractivity contribution in [1.82, 2.24) is 20.2 Å². The molecule has 0 radical (unpaired) electrons. The molecule has 1 heterocycles. The van der Waals surface area contributed by atoms with Gasteiger partial charge in [0, 0.05) is 6.42 Å². The second kappa shape index (κ2) is 7.80. The van der Waals surface area contributed by atoms with Gasteiger partial charge in [-0.15, -0.1) is 10.2 Å². The summed E-state index contributed by atoms with van der Waals surface area (Å²) < 4.78 is 28.2. The number of rotatable bonds is 5. The Hall–Kier alpha value is -2.00. The zero-order valence-electron chi connectivity index (χ0n) is 19.1. The van der Waals surface area contributed by atoms with Gasteiger partial charge in [0.1, 0.15) is 5.75 Å². The van der Waals surface area contributed by atoms with E-state index in [1.165, 1.54) is 36.8 Å². The van der Waals surface area contributed by atoms with Crippen molar-refractivity contribution in [2.75, 3.05) is 0 Å². The van der Waals surface area contributed by atoms with E-state index in [0.717, 1.165) is 30.7 Å². The summed E-state index contributed by atoms with van der Waals surface area (Å²) in [6, 6.07) is 4.13. The third-order valence-corrected chi connectivity index (χ3v) is 9.08. The van der Waals surface area contributed by atoms with Gasteiger partial charge < -0.3 is 4.18 Å². The molecule has 5 rings (SSSR count). The molecule has 2 saturated carbocycles. The molecule has 3 aliphatic carbocycles. The molecule has 0 saturated heterocycles. The minimum Gasteiger partial charge on any atom is -0.371 e. The maximum Gasteiger partial charge on any atom is 0.380 e. The first-order valence-corrected chi connectivity index (χ1v) is 13.3. The lowest BCUT2D eigenvalue weighted by atomic mass is 9.54. The second-order valence-corrected chi connectivity index (χ2v) is 11.4. The fraction of sp³-hybridized carbons (Fsp3) is 0.696. The molecule has 9 heteroatoms. The van der Waals surface area contributed by atoms with Crippen LogP contribution in [0.5, 0.6) is 5.75 Å². The summed E-state index contributed by atoms with van der Waals surface area (Å²) in [5.41, 5.74) is 3.87. The van der Waals surface area contributed by atoms with E-state index in [4.69, 9.17) is 9.32 Å². The van der Waals surface area contributed by atoms with Crippen LogP contribution in [-0.4, -0.2) is 28.6 Å². The van der Waals surface area contributed by atoms with Crippen LogP contribution >= 0.6 is 0 Å². The standard InChI is InChI=1S/C23H33N5O3S/c1-4-14-11-19-15(12-21(14)31-32(24,29)30)5-7-18-17(19)9-10-23(2)16(6-8-20(18)23)13-22-25-27-28(3)26-22/h11-12,16-18,20H,4-10,13H2,1-3H3,(H2,24,29,30)/t16-,17?,18?,20?,23-/m1/s1. The van der Waals surface area contributed by atoms with E-state index in [9.17, 15) is 8.42 Å². The second-order valence-electron chi connectivity index (χ2n) is 10.2. The number of tetrazole rings is 1. The zero-order chi connectivity index (χ0) is 22.7. The molecule has 1 aromatic carbocycles. The number of aromatic nitrogens is 4. The number of nitrogens with two attached hydrogens (primary N) is 1. The van der Waals surface area contributed by atoms with Gasteiger partial charge in [-0.2, -0.15) is 18.4 Å². The molecule has 2 N–H and O–H groups in total. The average Bonchev–Trinajstić information content (AvgIpc) is 3.29. The zero-order valence-corrected chi connectivity index (χ0v) is 19.9. The number of hydrogen-bond acceptors (Lipinski definition) is 6. The summed E-state index contributed by atoms with van der Waals surface area (Å²) in [4.78, 5) is 1.55. The molecule has 0 amide bonds. The van der Waals surface area contributed by atoms with Gasteiger partial charge in [-0.1, -0.05) is 19.9 Å². The third kappa shape index (κ3) is 3.73. The van der Waals surface area contributed by atoms with Crippen LogP contribution in [0.15, 0.2) is 12.1 Å². The highest BCUT2D eigenvalue weighted by Crippen LogP contribution is 2.63. The number of benzene rings is 1. The van der Waals surface area contributed by atoms with Crippen molar-refractivity contribution in [3.8, 4) is 5.75 Å². The van der Waals surface area contributed by atoms with E-state index in [0.29, 0.717) is 41.3 Å². The van der Waals surface area contributed by atoms with E-state index in [1.54, 1.807) is 4.80 Å². The molecule has 1 aromatic heterocycles. The first-order valence-electron chi connectivity index (χ1n) is 11.8. The maximum absolute atomic E-state index is 11.5. The molecule has 8 nitrogen and oxygen atoms in total. The molecule has 0 aliphatic heterocycles.